The Labute approximate surface area is 228 Å². The van der Waals surface area contributed by atoms with E-state index in [0.717, 1.165) is 65.2 Å². The molecule has 3 N–H and O–H groups in total. The van der Waals surface area contributed by atoms with Crippen molar-refractivity contribution in [1.29, 1.82) is 0 Å². The maximum Gasteiger partial charge on any atom is 0.165 e. The predicted molar refractivity (Wildman–Crippen MR) is 156 cm³/mol. The van der Waals surface area contributed by atoms with Crippen LogP contribution in [0.1, 0.15) is 31.2 Å². The lowest BCUT2D eigenvalue weighted by molar-refractivity contribution is 0.190. The van der Waals surface area contributed by atoms with E-state index < -0.39 is 0 Å². The summed E-state index contributed by atoms with van der Waals surface area (Å²) in [7, 11) is 0. The van der Waals surface area contributed by atoms with Crippen LogP contribution in [0.5, 0.6) is 0 Å². The molecule has 5 aromatic rings. The third kappa shape index (κ3) is 5.03. The van der Waals surface area contributed by atoms with Gasteiger partial charge in [0.05, 0.1) is 11.3 Å². The Bertz CT molecular complexity index is 1580. The summed E-state index contributed by atoms with van der Waals surface area (Å²) in [6.45, 7) is 3.27. The second-order valence-electron chi connectivity index (χ2n) is 10.8. The van der Waals surface area contributed by atoms with Crippen LogP contribution in [0.3, 0.4) is 0 Å². The van der Waals surface area contributed by atoms with E-state index in [-0.39, 0.29) is 0 Å². The zero-order chi connectivity index (χ0) is 26.2. The summed E-state index contributed by atoms with van der Waals surface area (Å²) in [6.07, 6.45) is 6.90. The number of likely N-dealkylation sites (tertiary alicyclic amines) is 1. The average molecular weight is 516 g/mol. The highest BCUT2D eigenvalue weighted by Crippen LogP contribution is 2.32. The number of aromatic nitrogens is 4. The first kappa shape index (κ1) is 24.0. The van der Waals surface area contributed by atoms with Gasteiger partial charge in [-0.3, -0.25) is 9.47 Å². The fourth-order valence-electron chi connectivity index (χ4n) is 5.61. The first-order valence-electron chi connectivity index (χ1n) is 13.9. The Morgan fingerprint density at radius 1 is 0.795 bits per heavy atom. The predicted octanol–water partition coefficient (Wildman–Crippen LogP) is 5.45. The molecule has 2 aromatic carbocycles. The number of fused-ring (bicyclic) bond motifs is 1. The fourth-order valence-corrected chi connectivity index (χ4v) is 5.61. The van der Waals surface area contributed by atoms with Crippen LogP contribution < -0.4 is 11.1 Å². The highest BCUT2D eigenvalue weighted by Gasteiger charge is 2.27. The molecule has 196 valence electrons. The van der Waals surface area contributed by atoms with Crippen molar-refractivity contribution in [2.24, 2.45) is 0 Å². The third-order valence-corrected chi connectivity index (χ3v) is 7.89. The van der Waals surface area contributed by atoms with Gasteiger partial charge in [-0.25, -0.2) is 15.0 Å². The lowest BCUT2D eigenvalue weighted by Gasteiger charge is -2.32. The molecule has 1 aliphatic heterocycles. The smallest absolute Gasteiger partial charge is 0.165 e. The number of nitrogen functional groups attached to an aromatic ring is 1. The summed E-state index contributed by atoms with van der Waals surface area (Å²) in [5, 5.41) is 3.80. The number of imidazole rings is 1. The molecule has 4 heterocycles. The Morgan fingerprint density at radius 2 is 1.56 bits per heavy atom. The van der Waals surface area contributed by atoms with E-state index in [1.807, 2.05) is 42.5 Å². The van der Waals surface area contributed by atoms with E-state index in [1.165, 1.54) is 31.2 Å². The molecule has 2 aliphatic rings. The van der Waals surface area contributed by atoms with Gasteiger partial charge in [-0.1, -0.05) is 42.5 Å². The van der Waals surface area contributed by atoms with E-state index in [9.17, 15) is 0 Å². The van der Waals surface area contributed by atoms with E-state index in [1.54, 1.807) is 6.20 Å². The first-order valence-corrected chi connectivity index (χ1v) is 13.9. The molecular formula is C32H33N7. The van der Waals surface area contributed by atoms with Crippen molar-refractivity contribution in [1.82, 2.24) is 29.7 Å². The largest absolute Gasteiger partial charge is 0.383 e. The van der Waals surface area contributed by atoms with Crippen molar-refractivity contribution in [2.75, 3.05) is 18.8 Å². The van der Waals surface area contributed by atoms with Gasteiger partial charge in [0.25, 0.3) is 0 Å². The van der Waals surface area contributed by atoms with Crippen molar-refractivity contribution in [3.05, 3.63) is 90.6 Å². The maximum atomic E-state index is 6.32. The Balaban J connectivity index is 1.21. The minimum absolute atomic E-state index is 0.452. The van der Waals surface area contributed by atoms with E-state index in [0.29, 0.717) is 11.9 Å². The van der Waals surface area contributed by atoms with Crippen molar-refractivity contribution in [3.63, 3.8) is 0 Å². The van der Waals surface area contributed by atoms with Crippen molar-refractivity contribution >= 4 is 17.0 Å². The van der Waals surface area contributed by atoms with Gasteiger partial charge in [-0.2, -0.15) is 0 Å². The number of piperidine rings is 1. The second-order valence-corrected chi connectivity index (χ2v) is 10.8. The average Bonchev–Trinajstić information content (AvgIpc) is 3.72. The molecule has 3 aromatic heterocycles. The van der Waals surface area contributed by atoms with Crippen LogP contribution in [-0.2, 0) is 6.54 Å². The van der Waals surface area contributed by atoms with Gasteiger partial charge in [0.2, 0.25) is 0 Å². The molecule has 1 saturated heterocycles. The zero-order valence-corrected chi connectivity index (χ0v) is 22.0. The van der Waals surface area contributed by atoms with E-state index in [2.05, 4.69) is 56.2 Å². The summed E-state index contributed by atoms with van der Waals surface area (Å²) in [5.41, 5.74) is 13.0. The van der Waals surface area contributed by atoms with Crippen LogP contribution in [0.15, 0.2) is 85.1 Å². The fraction of sp³-hybridized carbons (Fsp3) is 0.281. The number of hydrogen-bond acceptors (Lipinski definition) is 6. The SMILES string of the molecule is Nc1ncccc1-c1nc2ccc(-c3ccccc3)nc2n1-c1ccc(CN2CCC(NC3CC3)CC2)cc1. The van der Waals surface area contributed by atoms with Crippen molar-refractivity contribution < 1.29 is 0 Å². The summed E-state index contributed by atoms with van der Waals surface area (Å²) >= 11 is 0. The number of nitrogens with two attached hydrogens (primary N) is 1. The molecule has 7 nitrogen and oxygen atoms in total. The Hall–Kier alpha value is -4.07. The van der Waals surface area contributed by atoms with E-state index >= 15 is 0 Å². The van der Waals surface area contributed by atoms with Gasteiger partial charge < -0.3 is 11.1 Å². The molecule has 1 aliphatic carbocycles. The Kier molecular flexibility index (Phi) is 6.31. The highest BCUT2D eigenvalue weighted by molar-refractivity contribution is 5.84. The highest BCUT2D eigenvalue weighted by atomic mass is 15.2. The number of nitrogens with one attached hydrogen (secondary N) is 1. The molecular weight excluding hydrogens is 482 g/mol. The molecule has 2 fully saturated rings. The summed E-state index contributed by atoms with van der Waals surface area (Å²) in [5.74, 6) is 1.19. The first-order chi connectivity index (χ1) is 19.2. The number of nitrogens with zero attached hydrogens (tertiary/aromatic N) is 5. The maximum absolute atomic E-state index is 6.32. The molecule has 39 heavy (non-hydrogen) atoms. The van der Waals surface area contributed by atoms with Crippen molar-refractivity contribution in [3.8, 4) is 28.3 Å². The van der Waals surface area contributed by atoms with Gasteiger partial charge in [0.15, 0.2) is 11.5 Å². The van der Waals surface area contributed by atoms with Crippen LogP contribution in [0.25, 0.3) is 39.5 Å². The lowest BCUT2D eigenvalue weighted by Crippen LogP contribution is -2.42. The molecule has 7 rings (SSSR count). The molecule has 0 spiro atoms. The molecule has 0 unspecified atom stereocenters. The molecule has 0 bridgehead atoms. The normalized spacial score (nSPS) is 16.6. The number of pyridine rings is 2. The summed E-state index contributed by atoms with van der Waals surface area (Å²) < 4.78 is 2.11. The molecule has 0 atom stereocenters. The molecule has 7 heteroatoms. The molecule has 1 saturated carbocycles. The topological polar surface area (TPSA) is 84.9 Å². The monoisotopic (exact) mass is 515 g/mol. The Morgan fingerprint density at radius 3 is 2.31 bits per heavy atom. The van der Waals surface area contributed by atoms with Crippen LogP contribution in [0.4, 0.5) is 5.82 Å². The molecule has 0 amide bonds. The van der Waals surface area contributed by atoms with Gasteiger partial charge >= 0.3 is 0 Å². The molecule has 0 radical (unpaired) electrons. The van der Waals surface area contributed by atoms with E-state index in [4.69, 9.17) is 15.7 Å². The second kappa shape index (κ2) is 10.2. The zero-order valence-electron chi connectivity index (χ0n) is 22.0. The quantitative estimate of drug-likeness (QED) is 0.300. The third-order valence-electron chi connectivity index (χ3n) is 7.89. The number of anilines is 1. The van der Waals surface area contributed by atoms with Gasteiger partial charge in [-0.15, -0.1) is 0 Å². The summed E-state index contributed by atoms with van der Waals surface area (Å²) in [6, 6.07) is 28.4. The van der Waals surface area contributed by atoms with Gasteiger partial charge in [0.1, 0.15) is 11.3 Å². The van der Waals surface area contributed by atoms with Gasteiger partial charge in [-0.05, 0) is 80.7 Å². The lowest BCUT2D eigenvalue weighted by atomic mass is 10.0. The number of benzene rings is 2. The minimum Gasteiger partial charge on any atom is -0.383 e. The minimum atomic E-state index is 0.452. The standard InChI is InChI=1S/C32H33N7/c33-30-27(7-4-18-34-30)31-37-29-15-14-28(23-5-2-1-3-6-23)36-32(29)39(31)26-12-8-22(9-13-26)21-38-19-16-25(17-20-38)35-24-10-11-24/h1-9,12-15,18,24-25,35H,10-11,16-17,19-21H2,(H2,33,34). The van der Waals surface area contributed by atoms with Crippen LogP contribution in [0, 0.1) is 0 Å². The summed E-state index contributed by atoms with van der Waals surface area (Å²) in [4.78, 5) is 16.9. The number of rotatable bonds is 7. The van der Waals surface area contributed by atoms with Crippen LogP contribution in [0.2, 0.25) is 0 Å². The van der Waals surface area contributed by atoms with Crippen LogP contribution >= 0.6 is 0 Å². The number of hydrogen-bond donors (Lipinski definition) is 2. The van der Waals surface area contributed by atoms with Gasteiger partial charge in [0, 0.05) is 36.1 Å². The van der Waals surface area contributed by atoms with Crippen LogP contribution in [-0.4, -0.2) is 49.6 Å². The van der Waals surface area contributed by atoms with Crippen molar-refractivity contribution in [2.45, 2.75) is 44.3 Å².